The molecule has 0 bridgehead atoms. The monoisotopic (exact) mass is 848 g/mol. The second-order valence-electron chi connectivity index (χ2n) is 16.5. The lowest BCUT2D eigenvalue weighted by Gasteiger charge is -2.54. The molecule has 13 heteroatoms. The summed E-state index contributed by atoms with van der Waals surface area (Å²) in [5.41, 5.74) is -1.26. The van der Waals surface area contributed by atoms with E-state index in [1.165, 1.54) is 0 Å². The van der Waals surface area contributed by atoms with Gasteiger partial charge in [0.15, 0.2) is 30.4 Å². The molecule has 1 spiro atoms. The van der Waals surface area contributed by atoms with E-state index in [0.717, 1.165) is 0 Å². The molecule has 0 radical (unpaired) electrons. The molecule has 3 aliphatic rings. The highest BCUT2D eigenvalue weighted by molar-refractivity contribution is 5.91. The van der Waals surface area contributed by atoms with Crippen molar-refractivity contribution in [3.05, 3.63) is 156 Å². The lowest BCUT2D eigenvalue weighted by molar-refractivity contribution is -0.303. The lowest BCUT2D eigenvalue weighted by atomic mass is 9.58. The highest BCUT2D eigenvalue weighted by atomic mass is 16.7. The van der Waals surface area contributed by atoms with Crippen LogP contribution in [0.4, 0.5) is 0 Å². The van der Waals surface area contributed by atoms with Crippen molar-refractivity contribution in [3.8, 4) is 0 Å². The maximum Gasteiger partial charge on any atom is 0.338 e. The molecule has 2 heterocycles. The first-order valence-electron chi connectivity index (χ1n) is 20.8. The van der Waals surface area contributed by atoms with Gasteiger partial charge < -0.3 is 43.0 Å². The zero-order valence-corrected chi connectivity index (χ0v) is 35.1. The molecule has 2 saturated heterocycles. The van der Waals surface area contributed by atoms with Crippen molar-refractivity contribution in [2.75, 3.05) is 19.8 Å². The Bertz CT molecular complexity index is 2170. The summed E-state index contributed by atoms with van der Waals surface area (Å²) in [6.07, 6.45) is -4.04. The smallest absolute Gasteiger partial charge is 0.338 e. The minimum Gasteiger partial charge on any atom is -0.459 e. The molecule has 1 N–H and O–H groups in total. The zero-order valence-electron chi connectivity index (χ0n) is 35.1. The molecule has 13 nitrogen and oxygen atoms in total. The van der Waals surface area contributed by atoms with Gasteiger partial charge >= 0.3 is 23.9 Å². The van der Waals surface area contributed by atoms with E-state index in [0.29, 0.717) is 26.1 Å². The summed E-state index contributed by atoms with van der Waals surface area (Å²) >= 11 is 0. The molecule has 0 amide bonds. The predicted molar refractivity (Wildman–Crippen MR) is 224 cm³/mol. The highest BCUT2D eigenvalue weighted by Gasteiger charge is 2.59. The molecule has 4 aromatic carbocycles. The van der Waals surface area contributed by atoms with Gasteiger partial charge in [0.2, 0.25) is 0 Å². The van der Waals surface area contributed by atoms with E-state index < -0.39 is 84.1 Å². The second kappa shape index (κ2) is 19.1. The van der Waals surface area contributed by atoms with Crippen LogP contribution >= 0.6 is 0 Å². The fourth-order valence-electron chi connectivity index (χ4n) is 8.46. The van der Waals surface area contributed by atoms with Gasteiger partial charge in [-0.05, 0) is 61.4 Å². The van der Waals surface area contributed by atoms with Gasteiger partial charge in [-0.2, -0.15) is 0 Å². The number of ether oxygens (including phenoxy) is 8. The minimum atomic E-state index is -1.58. The molecule has 8 atom stereocenters. The van der Waals surface area contributed by atoms with Crippen LogP contribution in [-0.4, -0.2) is 97.0 Å². The Balaban J connectivity index is 1.25. The number of benzene rings is 4. The summed E-state index contributed by atoms with van der Waals surface area (Å²) in [5, 5.41) is 12.3. The van der Waals surface area contributed by atoms with Gasteiger partial charge in [-0.1, -0.05) is 106 Å². The lowest BCUT2D eigenvalue weighted by Crippen LogP contribution is -2.63. The third-order valence-electron chi connectivity index (χ3n) is 11.7. The van der Waals surface area contributed by atoms with Gasteiger partial charge in [-0.25, -0.2) is 19.2 Å². The average molecular weight is 849 g/mol. The summed E-state index contributed by atoms with van der Waals surface area (Å²) in [4.78, 5) is 55.0. The Hall–Kier alpha value is -5.70. The molecule has 4 aromatic rings. The fourth-order valence-corrected chi connectivity index (χ4v) is 8.46. The van der Waals surface area contributed by atoms with Crippen molar-refractivity contribution in [3.63, 3.8) is 0 Å². The average Bonchev–Trinajstić information content (AvgIpc) is 3.73. The molecule has 62 heavy (non-hydrogen) atoms. The molecule has 7 rings (SSSR count). The van der Waals surface area contributed by atoms with Gasteiger partial charge in [0.05, 0.1) is 47.2 Å². The number of aliphatic hydroxyl groups is 1. The van der Waals surface area contributed by atoms with Crippen LogP contribution in [0.3, 0.4) is 0 Å². The van der Waals surface area contributed by atoms with Crippen LogP contribution in [0.15, 0.2) is 133 Å². The molecule has 1 saturated carbocycles. The molecule has 3 fully saturated rings. The van der Waals surface area contributed by atoms with E-state index in [4.69, 9.17) is 37.9 Å². The summed E-state index contributed by atoms with van der Waals surface area (Å²) in [6, 6.07) is 32.7. The third-order valence-corrected chi connectivity index (χ3v) is 11.7. The van der Waals surface area contributed by atoms with Crippen molar-refractivity contribution >= 4 is 23.9 Å². The maximum atomic E-state index is 14.0. The standard InChI is InChI=1S/C49H52O13/c1-32-29-48(56-27-28-57-48)31-47(3,4)49(32,54)26-25-33(2)58-46-41(62-45(53)37-23-15-8-16-24-37)40(61-44(52)36-21-13-7-14-22-36)39(60-43(51)35-19-11-6-12-20-35)38(59-46)30-55-42(50)34-17-9-5-10-18-34/h5-26,32-33,38-41,46,54H,27-31H2,1-4H3/b26-25+. The van der Waals surface area contributed by atoms with Crippen molar-refractivity contribution in [2.24, 2.45) is 11.3 Å². The van der Waals surface area contributed by atoms with Crippen molar-refractivity contribution in [1.82, 2.24) is 0 Å². The first-order chi connectivity index (χ1) is 29.8. The Morgan fingerprint density at radius 3 is 1.58 bits per heavy atom. The molecule has 1 aliphatic carbocycles. The van der Waals surface area contributed by atoms with Gasteiger partial charge in [0.25, 0.3) is 0 Å². The van der Waals surface area contributed by atoms with Gasteiger partial charge in [-0.3, -0.25) is 0 Å². The third kappa shape index (κ3) is 9.98. The van der Waals surface area contributed by atoms with Gasteiger partial charge in [-0.15, -0.1) is 0 Å². The minimum absolute atomic E-state index is 0.161. The quantitative estimate of drug-likeness (QED) is 0.0822. The number of carbonyl (C=O) groups excluding carboxylic acids is 4. The van der Waals surface area contributed by atoms with Crippen LogP contribution in [0.1, 0.15) is 82.0 Å². The zero-order chi connectivity index (χ0) is 43.9. The Kier molecular flexibility index (Phi) is 13.7. The van der Waals surface area contributed by atoms with E-state index in [2.05, 4.69) is 0 Å². The molecule has 8 unspecified atom stereocenters. The van der Waals surface area contributed by atoms with Gasteiger partial charge in [0.1, 0.15) is 12.7 Å². The normalized spacial score (nSPS) is 26.9. The van der Waals surface area contributed by atoms with E-state index in [-0.39, 0.29) is 28.2 Å². The highest BCUT2D eigenvalue weighted by Crippen LogP contribution is 2.54. The molecular weight excluding hydrogens is 797 g/mol. The van der Waals surface area contributed by atoms with Crippen LogP contribution in [0, 0.1) is 11.3 Å². The van der Waals surface area contributed by atoms with Gasteiger partial charge in [0, 0.05) is 18.3 Å². The van der Waals surface area contributed by atoms with E-state index >= 15 is 0 Å². The van der Waals surface area contributed by atoms with E-state index in [1.54, 1.807) is 140 Å². The van der Waals surface area contributed by atoms with Crippen molar-refractivity contribution in [2.45, 2.75) is 88.7 Å². The Morgan fingerprint density at radius 1 is 0.677 bits per heavy atom. The van der Waals surface area contributed by atoms with Crippen LogP contribution in [0.5, 0.6) is 0 Å². The van der Waals surface area contributed by atoms with E-state index in [9.17, 15) is 24.3 Å². The summed E-state index contributed by atoms with van der Waals surface area (Å²) in [6.45, 7) is 8.04. The van der Waals surface area contributed by atoms with Crippen LogP contribution < -0.4 is 0 Å². The maximum absolute atomic E-state index is 14.0. The molecule has 2 aliphatic heterocycles. The summed E-state index contributed by atoms with van der Waals surface area (Å²) in [7, 11) is 0. The SMILES string of the molecule is CC(/C=C/C1(O)C(C)CC2(CC1(C)C)OCCO2)OC1OC(COC(=O)c2ccccc2)C(OC(=O)c2ccccc2)C(OC(=O)c2ccccc2)C1OC(=O)c1ccccc1. The topological polar surface area (TPSA) is 162 Å². The summed E-state index contributed by atoms with van der Waals surface area (Å²) in [5.74, 6) is -4.20. The Morgan fingerprint density at radius 2 is 1.11 bits per heavy atom. The number of rotatable bonds is 13. The van der Waals surface area contributed by atoms with Crippen LogP contribution in [-0.2, 0) is 37.9 Å². The molecule has 326 valence electrons. The molecule has 0 aromatic heterocycles. The van der Waals surface area contributed by atoms with Crippen LogP contribution in [0.2, 0.25) is 0 Å². The van der Waals surface area contributed by atoms with Crippen molar-refractivity contribution < 1.29 is 62.2 Å². The van der Waals surface area contributed by atoms with Crippen LogP contribution in [0.25, 0.3) is 0 Å². The summed E-state index contributed by atoms with van der Waals surface area (Å²) < 4.78 is 49.3. The molecular formula is C49H52O13. The first kappa shape index (κ1) is 44.4. The Labute approximate surface area is 360 Å². The van der Waals surface area contributed by atoms with E-state index in [1.807, 2.05) is 20.8 Å². The number of esters is 4. The second-order valence-corrected chi connectivity index (χ2v) is 16.5. The fraction of sp³-hybridized carbons (Fsp3) is 0.388. The number of hydrogen-bond acceptors (Lipinski definition) is 13. The first-order valence-corrected chi connectivity index (χ1v) is 20.8. The largest absolute Gasteiger partial charge is 0.459 e. The predicted octanol–water partition coefficient (Wildman–Crippen LogP) is 7.14. The number of carbonyl (C=O) groups is 4. The van der Waals surface area contributed by atoms with Crippen molar-refractivity contribution in [1.29, 1.82) is 0 Å². The number of hydrogen-bond donors (Lipinski definition) is 1.